The Balaban J connectivity index is 2.53. The smallest absolute Gasteiger partial charge is 0.308 e. The third-order valence-electron chi connectivity index (χ3n) is 1.03. The Morgan fingerprint density at radius 3 is 2.82 bits per heavy atom. The molecule has 0 amide bonds. The van der Waals surface area contributed by atoms with Crippen LogP contribution in [0.1, 0.15) is 6.92 Å². The zero-order valence-corrected chi connectivity index (χ0v) is 5.87. The summed E-state index contributed by atoms with van der Waals surface area (Å²) < 4.78 is 9.08. The summed E-state index contributed by atoms with van der Waals surface area (Å²) in [4.78, 5) is 21.1. The molecule has 0 spiro atoms. The average Bonchev–Trinajstić information content (AvgIpc) is 2.09. The molecule has 0 bridgehead atoms. The number of carbonyl (C=O) groups excluding carboxylic acids is 2. The van der Waals surface area contributed by atoms with E-state index in [0.29, 0.717) is 0 Å². The molecule has 1 aliphatic heterocycles. The molecule has 1 atom stereocenters. The summed E-state index contributed by atoms with van der Waals surface area (Å²) >= 11 is 0. The summed E-state index contributed by atoms with van der Waals surface area (Å²) in [6.45, 7) is 1.19. The lowest BCUT2D eigenvalue weighted by Crippen LogP contribution is -2.23. The Hall–Kier alpha value is -1.52. The van der Waals surface area contributed by atoms with Gasteiger partial charge in [-0.15, -0.1) is 0 Å². The quantitative estimate of drug-likeness (QED) is 0.508. The molecule has 5 heteroatoms. The molecule has 0 saturated heterocycles. The fraction of sp³-hybridized carbons (Fsp3) is 0.333. The molecule has 0 aromatic heterocycles. The molecule has 60 valence electrons. The zero-order valence-electron chi connectivity index (χ0n) is 5.87. The van der Waals surface area contributed by atoms with Crippen LogP contribution in [0.4, 0.5) is 0 Å². The van der Waals surface area contributed by atoms with Crippen molar-refractivity contribution in [1.82, 2.24) is 0 Å². The van der Waals surface area contributed by atoms with E-state index in [1.807, 2.05) is 0 Å². The molecule has 5 nitrogen and oxygen atoms in total. The molecule has 0 fully saturated rings. The van der Waals surface area contributed by atoms with Gasteiger partial charge in [-0.25, -0.2) is 0 Å². The van der Waals surface area contributed by atoms with Crippen LogP contribution in [0.25, 0.3) is 0 Å². The molecule has 1 rings (SSSR count). The van der Waals surface area contributed by atoms with Crippen LogP contribution >= 0.6 is 0 Å². The van der Waals surface area contributed by atoms with Crippen molar-refractivity contribution in [3.8, 4) is 0 Å². The number of rotatable bonds is 1. The first-order valence-corrected chi connectivity index (χ1v) is 2.94. The van der Waals surface area contributed by atoms with Crippen LogP contribution in [0.3, 0.4) is 0 Å². The largest absolute Gasteiger partial charge is 0.432 e. The van der Waals surface area contributed by atoms with Gasteiger partial charge in [0.15, 0.2) is 5.88 Å². The number of hydrogen-bond acceptors (Lipinski definition) is 5. The van der Waals surface area contributed by atoms with E-state index in [1.165, 1.54) is 6.92 Å². The minimum atomic E-state index is -1.17. The number of carbonyl (C=O) groups is 2. The highest BCUT2D eigenvalue weighted by Crippen LogP contribution is 2.10. The standard InChI is InChI=1S/C6H7NO4/c1-3(8)10-6-4(9)2-5(7)11-6/h2,6H,7H2,1H3. The van der Waals surface area contributed by atoms with E-state index < -0.39 is 18.0 Å². The normalized spacial score (nSPS) is 22.5. The average molecular weight is 157 g/mol. The van der Waals surface area contributed by atoms with Crippen molar-refractivity contribution in [3.05, 3.63) is 12.0 Å². The Morgan fingerprint density at radius 1 is 1.82 bits per heavy atom. The number of ketones is 1. The van der Waals surface area contributed by atoms with E-state index in [9.17, 15) is 9.59 Å². The third-order valence-corrected chi connectivity index (χ3v) is 1.03. The maximum atomic E-state index is 10.8. The van der Waals surface area contributed by atoms with E-state index in [2.05, 4.69) is 9.47 Å². The summed E-state index contributed by atoms with van der Waals surface area (Å²) in [7, 11) is 0. The predicted octanol–water partition coefficient (Wildman–Crippen LogP) is -0.725. The minimum Gasteiger partial charge on any atom is -0.432 e. The molecule has 0 aromatic rings. The van der Waals surface area contributed by atoms with Gasteiger partial charge in [0.05, 0.1) is 0 Å². The van der Waals surface area contributed by atoms with Crippen LogP contribution in [0.15, 0.2) is 12.0 Å². The highest BCUT2D eigenvalue weighted by molar-refractivity contribution is 5.95. The van der Waals surface area contributed by atoms with Gasteiger partial charge in [-0.2, -0.15) is 0 Å². The van der Waals surface area contributed by atoms with Gasteiger partial charge < -0.3 is 15.2 Å². The maximum absolute atomic E-state index is 10.8. The summed E-state index contributed by atoms with van der Waals surface area (Å²) in [6.07, 6.45) is -0.0966. The molecule has 1 aliphatic rings. The van der Waals surface area contributed by atoms with Gasteiger partial charge in [-0.05, 0) is 0 Å². The molecule has 0 aromatic carbocycles. The van der Waals surface area contributed by atoms with E-state index in [-0.39, 0.29) is 5.88 Å². The topological polar surface area (TPSA) is 78.6 Å². The van der Waals surface area contributed by atoms with Crippen LogP contribution in [0.5, 0.6) is 0 Å². The van der Waals surface area contributed by atoms with Crippen molar-refractivity contribution in [2.75, 3.05) is 0 Å². The third kappa shape index (κ3) is 1.70. The summed E-state index contributed by atoms with van der Waals surface area (Å²) in [5.41, 5.74) is 5.12. The molecule has 1 heterocycles. The number of ether oxygens (including phenoxy) is 2. The molecule has 1 unspecified atom stereocenters. The second kappa shape index (κ2) is 2.61. The van der Waals surface area contributed by atoms with Gasteiger partial charge in [0.25, 0.3) is 0 Å². The Labute approximate surface area is 62.8 Å². The second-order valence-corrected chi connectivity index (χ2v) is 2.01. The predicted molar refractivity (Wildman–Crippen MR) is 33.9 cm³/mol. The van der Waals surface area contributed by atoms with Gasteiger partial charge in [0.1, 0.15) is 0 Å². The van der Waals surface area contributed by atoms with Gasteiger partial charge in [-0.1, -0.05) is 0 Å². The lowest BCUT2D eigenvalue weighted by Gasteiger charge is -2.08. The number of esters is 1. The first kappa shape index (κ1) is 7.59. The summed E-state index contributed by atoms with van der Waals surface area (Å²) in [5.74, 6) is -1.05. The van der Waals surface area contributed by atoms with Crippen molar-refractivity contribution in [3.63, 3.8) is 0 Å². The Bertz CT molecular complexity index is 233. The van der Waals surface area contributed by atoms with E-state index in [0.717, 1.165) is 6.08 Å². The molecule has 0 saturated carbocycles. The van der Waals surface area contributed by atoms with Crippen molar-refractivity contribution < 1.29 is 19.1 Å². The highest BCUT2D eigenvalue weighted by atomic mass is 16.7. The highest BCUT2D eigenvalue weighted by Gasteiger charge is 2.27. The lowest BCUT2D eigenvalue weighted by atomic mass is 10.4. The van der Waals surface area contributed by atoms with E-state index in [1.54, 1.807) is 0 Å². The molecule has 11 heavy (non-hydrogen) atoms. The van der Waals surface area contributed by atoms with Gasteiger partial charge >= 0.3 is 12.3 Å². The van der Waals surface area contributed by atoms with Gasteiger partial charge in [-0.3, -0.25) is 9.59 Å². The first-order chi connectivity index (χ1) is 5.09. The van der Waals surface area contributed by atoms with Gasteiger partial charge in [0, 0.05) is 13.0 Å². The molecule has 0 aliphatic carbocycles. The van der Waals surface area contributed by atoms with Crippen LogP contribution in [0.2, 0.25) is 0 Å². The Morgan fingerprint density at radius 2 is 2.45 bits per heavy atom. The zero-order chi connectivity index (χ0) is 8.43. The molecular weight excluding hydrogens is 150 g/mol. The van der Waals surface area contributed by atoms with Crippen molar-refractivity contribution in [2.24, 2.45) is 5.73 Å². The molecule has 2 N–H and O–H groups in total. The monoisotopic (exact) mass is 157 g/mol. The maximum Gasteiger partial charge on any atom is 0.308 e. The first-order valence-electron chi connectivity index (χ1n) is 2.94. The lowest BCUT2D eigenvalue weighted by molar-refractivity contribution is -0.170. The minimum absolute atomic E-state index is 0.0266. The fourth-order valence-electron chi connectivity index (χ4n) is 0.657. The number of hydrogen-bond donors (Lipinski definition) is 1. The van der Waals surface area contributed by atoms with Crippen LogP contribution < -0.4 is 5.73 Å². The second-order valence-electron chi connectivity index (χ2n) is 2.01. The van der Waals surface area contributed by atoms with Crippen molar-refractivity contribution >= 4 is 11.8 Å². The van der Waals surface area contributed by atoms with Gasteiger partial charge in [0.2, 0.25) is 5.78 Å². The molecular formula is C6H7NO4. The number of nitrogens with two attached hydrogens (primary N) is 1. The summed E-state index contributed by atoms with van der Waals surface area (Å²) in [6, 6.07) is 0. The fourth-order valence-corrected chi connectivity index (χ4v) is 0.657. The SMILES string of the molecule is CC(=O)OC1OC(N)=CC1=O. The van der Waals surface area contributed by atoms with Crippen molar-refractivity contribution in [1.29, 1.82) is 0 Å². The van der Waals surface area contributed by atoms with E-state index in [4.69, 9.17) is 5.73 Å². The van der Waals surface area contributed by atoms with Crippen molar-refractivity contribution in [2.45, 2.75) is 13.2 Å². The Kier molecular flexibility index (Phi) is 1.80. The molecule has 0 radical (unpaired) electrons. The van der Waals surface area contributed by atoms with E-state index >= 15 is 0 Å². The summed E-state index contributed by atoms with van der Waals surface area (Å²) in [5, 5.41) is 0. The van der Waals surface area contributed by atoms with Crippen LogP contribution in [-0.4, -0.2) is 18.0 Å². The van der Waals surface area contributed by atoms with Crippen LogP contribution in [-0.2, 0) is 19.1 Å². The van der Waals surface area contributed by atoms with Crippen LogP contribution in [0, 0.1) is 0 Å².